The van der Waals surface area contributed by atoms with Crippen LogP contribution in [0.3, 0.4) is 0 Å². The summed E-state index contributed by atoms with van der Waals surface area (Å²) >= 11 is 0. The van der Waals surface area contributed by atoms with Crippen molar-refractivity contribution in [2.24, 2.45) is 5.16 Å². The van der Waals surface area contributed by atoms with Gasteiger partial charge in [0.25, 0.3) is 0 Å². The number of anilines is 2. The molecule has 1 fully saturated rings. The van der Waals surface area contributed by atoms with Gasteiger partial charge in [-0.1, -0.05) is 6.07 Å². The van der Waals surface area contributed by atoms with E-state index in [9.17, 15) is 0 Å². The van der Waals surface area contributed by atoms with Gasteiger partial charge in [0, 0.05) is 31.9 Å². The van der Waals surface area contributed by atoms with Crippen molar-refractivity contribution < 1.29 is 9.57 Å². The zero-order valence-electron chi connectivity index (χ0n) is 18.4. The Morgan fingerprint density at radius 2 is 1.48 bits per heavy atom. The second-order valence-corrected chi connectivity index (χ2v) is 7.68. The highest BCUT2D eigenvalue weighted by Crippen LogP contribution is 2.28. The number of ether oxygens (including phenoxy) is 1. The van der Waals surface area contributed by atoms with E-state index in [1.807, 2.05) is 6.07 Å². The van der Waals surface area contributed by atoms with Gasteiger partial charge < -0.3 is 24.7 Å². The second-order valence-electron chi connectivity index (χ2n) is 7.68. The number of hydrogen-bond acceptors (Lipinski definition) is 4. The first-order valence-corrected chi connectivity index (χ1v) is 10.0. The number of methoxy groups -OCH3 is 1. The predicted molar refractivity (Wildman–Crippen MR) is 120 cm³/mol. The van der Waals surface area contributed by atoms with Crippen molar-refractivity contribution in [3.63, 3.8) is 0 Å². The molecule has 0 amide bonds. The molecule has 1 aliphatic heterocycles. The maximum absolute atomic E-state index is 5.56. The van der Waals surface area contributed by atoms with E-state index in [1.165, 1.54) is 27.9 Å². The first-order chi connectivity index (χ1) is 13.9. The van der Waals surface area contributed by atoms with Crippen LogP contribution in [0.25, 0.3) is 0 Å². The van der Waals surface area contributed by atoms with Crippen LogP contribution in [-0.4, -0.2) is 51.3 Å². The predicted octanol–water partition coefficient (Wildman–Crippen LogP) is 4.08. The van der Waals surface area contributed by atoms with E-state index in [2.05, 4.69) is 72.2 Å². The van der Waals surface area contributed by atoms with Crippen molar-refractivity contribution in [2.45, 2.75) is 27.7 Å². The largest absolute Gasteiger partial charge is 0.495 e. The summed E-state index contributed by atoms with van der Waals surface area (Å²) in [4.78, 5) is 9.78. The highest BCUT2D eigenvalue weighted by atomic mass is 16.6. The van der Waals surface area contributed by atoms with Gasteiger partial charge in [-0.2, -0.15) is 0 Å². The number of aryl methyl sites for hydroxylation is 4. The normalized spacial score (nSPS) is 14.8. The zero-order valence-corrected chi connectivity index (χ0v) is 18.4. The lowest BCUT2D eigenvalue weighted by Crippen LogP contribution is -2.50. The first kappa shape index (κ1) is 20.8. The van der Waals surface area contributed by atoms with Crippen molar-refractivity contribution in [3.8, 4) is 5.75 Å². The average molecular weight is 397 g/mol. The fourth-order valence-electron chi connectivity index (χ4n) is 3.73. The number of nitrogens with zero attached hydrogens (tertiary/aromatic N) is 3. The summed E-state index contributed by atoms with van der Waals surface area (Å²) < 4.78 is 5.56. The van der Waals surface area contributed by atoms with E-state index < -0.39 is 0 Å². The molecule has 0 bridgehead atoms. The molecule has 3 rings (SSSR count). The van der Waals surface area contributed by atoms with Crippen LogP contribution in [0.2, 0.25) is 0 Å². The number of nitrogens with one attached hydrogen (secondary N) is 1. The Bertz CT molecular complexity index is 866. The molecule has 1 heterocycles. The van der Waals surface area contributed by atoms with Crippen LogP contribution in [0.5, 0.6) is 5.75 Å². The molecule has 0 saturated carbocycles. The fraction of sp³-hybridized carbons (Fsp3) is 0.435. The highest BCUT2D eigenvalue weighted by molar-refractivity contribution is 5.95. The number of guanidine groups is 1. The van der Waals surface area contributed by atoms with E-state index in [0.717, 1.165) is 37.6 Å². The summed E-state index contributed by atoms with van der Waals surface area (Å²) in [5.74, 6) is 1.50. The molecule has 2 aromatic carbocycles. The number of hydrogen-bond donors (Lipinski definition) is 1. The lowest BCUT2D eigenvalue weighted by molar-refractivity contribution is 0.204. The minimum Gasteiger partial charge on any atom is -0.495 e. The van der Waals surface area contributed by atoms with Crippen LogP contribution in [0, 0.1) is 27.7 Å². The Labute approximate surface area is 174 Å². The van der Waals surface area contributed by atoms with E-state index in [1.54, 1.807) is 14.2 Å². The van der Waals surface area contributed by atoms with Crippen molar-refractivity contribution in [1.29, 1.82) is 0 Å². The molecule has 0 aromatic heterocycles. The van der Waals surface area contributed by atoms with Gasteiger partial charge in [-0.15, -0.1) is 0 Å². The van der Waals surface area contributed by atoms with Crippen molar-refractivity contribution in [2.75, 3.05) is 50.6 Å². The standard InChI is InChI=1S/C23H32N4O2/c1-16-11-17(2)13-20(12-16)26-7-9-27(10-8-26)23(25-29-6)24-21-14-18(3)19(4)15-22(21)28-5/h11-15H,7-10H2,1-6H3,(H,24,25). The molecule has 0 atom stereocenters. The maximum atomic E-state index is 5.56. The van der Waals surface area contributed by atoms with Crippen molar-refractivity contribution in [1.82, 2.24) is 4.90 Å². The molecule has 2 aromatic rings. The summed E-state index contributed by atoms with van der Waals surface area (Å²) in [7, 11) is 3.26. The molecular weight excluding hydrogens is 364 g/mol. The first-order valence-electron chi connectivity index (χ1n) is 10.0. The molecule has 6 nitrogen and oxygen atoms in total. The summed E-state index contributed by atoms with van der Waals surface area (Å²) in [6, 6.07) is 10.9. The van der Waals surface area contributed by atoms with Gasteiger partial charge in [0.1, 0.15) is 12.9 Å². The third-order valence-corrected chi connectivity index (χ3v) is 5.39. The van der Waals surface area contributed by atoms with Crippen molar-refractivity contribution >= 4 is 17.3 Å². The van der Waals surface area contributed by atoms with E-state index in [4.69, 9.17) is 9.57 Å². The van der Waals surface area contributed by atoms with Crippen LogP contribution >= 0.6 is 0 Å². The monoisotopic (exact) mass is 396 g/mol. The fourth-order valence-corrected chi connectivity index (χ4v) is 3.73. The van der Waals surface area contributed by atoms with Gasteiger partial charge in [0.2, 0.25) is 5.96 Å². The van der Waals surface area contributed by atoms with Gasteiger partial charge in [0.15, 0.2) is 0 Å². The Kier molecular flexibility index (Phi) is 6.52. The number of benzene rings is 2. The lowest BCUT2D eigenvalue weighted by atomic mass is 10.1. The maximum Gasteiger partial charge on any atom is 0.240 e. The van der Waals surface area contributed by atoms with Gasteiger partial charge >= 0.3 is 0 Å². The lowest BCUT2D eigenvalue weighted by Gasteiger charge is -2.37. The molecule has 0 spiro atoms. The Morgan fingerprint density at radius 3 is 2.07 bits per heavy atom. The number of oxime groups is 1. The van der Waals surface area contributed by atoms with Gasteiger partial charge in [0.05, 0.1) is 12.8 Å². The quantitative estimate of drug-likeness (QED) is 0.479. The average Bonchev–Trinajstić information content (AvgIpc) is 2.69. The Morgan fingerprint density at radius 1 is 0.862 bits per heavy atom. The number of rotatable bonds is 4. The number of piperazine rings is 1. The van der Waals surface area contributed by atoms with E-state index >= 15 is 0 Å². The summed E-state index contributed by atoms with van der Waals surface area (Å²) in [6.45, 7) is 12.0. The Balaban J connectivity index is 1.73. The van der Waals surface area contributed by atoms with Gasteiger partial charge in [-0.25, -0.2) is 0 Å². The van der Waals surface area contributed by atoms with Crippen LogP contribution in [-0.2, 0) is 4.84 Å². The third-order valence-electron chi connectivity index (χ3n) is 5.39. The van der Waals surface area contributed by atoms with Crippen LogP contribution in [0.4, 0.5) is 11.4 Å². The van der Waals surface area contributed by atoms with Gasteiger partial charge in [-0.05, 0) is 79.4 Å². The minimum absolute atomic E-state index is 0.703. The van der Waals surface area contributed by atoms with Crippen LogP contribution < -0.4 is 15.0 Å². The molecule has 1 aliphatic rings. The summed E-state index contributed by atoms with van der Waals surface area (Å²) in [5.41, 5.74) is 7.17. The van der Waals surface area contributed by atoms with Gasteiger partial charge in [-0.3, -0.25) is 0 Å². The highest BCUT2D eigenvalue weighted by Gasteiger charge is 2.22. The summed E-state index contributed by atoms with van der Waals surface area (Å²) in [5, 5.41) is 7.67. The zero-order chi connectivity index (χ0) is 21.0. The molecule has 1 N–H and O–H groups in total. The molecule has 1 saturated heterocycles. The molecule has 0 radical (unpaired) electrons. The molecule has 156 valence electrons. The topological polar surface area (TPSA) is 49.3 Å². The Hall–Kier alpha value is -2.89. The van der Waals surface area contributed by atoms with E-state index in [-0.39, 0.29) is 0 Å². The summed E-state index contributed by atoms with van der Waals surface area (Å²) in [6.07, 6.45) is 0. The molecule has 0 aliphatic carbocycles. The van der Waals surface area contributed by atoms with Crippen molar-refractivity contribution in [3.05, 3.63) is 52.6 Å². The molecule has 29 heavy (non-hydrogen) atoms. The SMILES string of the molecule is CON=C(Nc1cc(C)c(C)cc1OC)N1CCN(c2cc(C)cc(C)c2)CC1. The van der Waals surface area contributed by atoms with Crippen LogP contribution in [0.15, 0.2) is 35.5 Å². The van der Waals surface area contributed by atoms with Crippen LogP contribution in [0.1, 0.15) is 22.3 Å². The minimum atomic E-state index is 0.703. The van der Waals surface area contributed by atoms with E-state index in [0.29, 0.717) is 5.96 Å². The third kappa shape index (κ3) is 4.94. The second kappa shape index (κ2) is 9.07. The molecule has 0 unspecified atom stereocenters. The molecule has 6 heteroatoms. The smallest absolute Gasteiger partial charge is 0.240 e. The molecular formula is C23H32N4O2.